The summed E-state index contributed by atoms with van der Waals surface area (Å²) in [4.78, 5) is 13.0. The quantitative estimate of drug-likeness (QED) is 0.444. The number of hydrogen-bond donors (Lipinski definition) is 0. The number of aldehydes is 1. The number of methoxy groups -OCH3 is 3. The predicted octanol–water partition coefficient (Wildman–Crippen LogP) is 5.70. The smallest absolute Gasteiger partial charge is 0.203 e. The molecular formula is C24H36O4. The Hall–Kier alpha value is -1.71. The van der Waals surface area contributed by atoms with Crippen LogP contribution in [0, 0.1) is 11.8 Å². The molecule has 1 atom stereocenters. The lowest BCUT2D eigenvalue weighted by Gasteiger charge is -2.45. The lowest BCUT2D eigenvalue weighted by Crippen LogP contribution is -2.45. The molecule has 2 saturated carbocycles. The van der Waals surface area contributed by atoms with E-state index in [-0.39, 0.29) is 0 Å². The molecule has 2 aliphatic carbocycles. The Labute approximate surface area is 169 Å². The van der Waals surface area contributed by atoms with Crippen LogP contribution in [0.25, 0.3) is 0 Å². The molecule has 3 rings (SSSR count). The monoisotopic (exact) mass is 388 g/mol. The highest BCUT2D eigenvalue weighted by molar-refractivity contribution is 5.72. The van der Waals surface area contributed by atoms with Gasteiger partial charge in [0, 0.05) is 0 Å². The van der Waals surface area contributed by atoms with Crippen LogP contribution in [0.4, 0.5) is 0 Å². The summed E-state index contributed by atoms with van der Waals surface area (Å²) in [6.45, 7) is 0. The van der Waals surface area contributed by atoms with E-state index in [9.17, 15) is 4.79 Å². The van der Waals surface area contributed by atoms with Gasteiger partial charge in [-0.25, -0.2) is 0 Å². The van der Waals surface area contributed by atoms with Crippen LogP contribution in [0.2, 0.25) is 0 Å². The highest BCUT2D eigenvalue weighted by Gasteiger charge is 2.47. The third-order valence-corrected chi connectivity index (χ3v) is 7.17. The summed E-state index contributed by atoms with van der Waals surface area (Å²) in [5.41, 5.74) is 0.591. The van der Waals surface area contributed by atoms with E-state index in [0.717, 1.165) is 31.2 Å². The largest absolute Gasteiger partial charge is 0.493 e. The lowest BCUT2D eigenvalue weighted by atomic mass is 9.58. The van der Waals surface area contributed by atoms with Crippen molar-refractivity contribution >= 4 is 6.29 Å². The Morgan fingerprint density at radius 1 is 0.750 bits per heavy atom. The van der Waals surface area contributed by atoms with Gasteiger partial charge in [0.15, 0.2) is 11.5 Å². The molecule has 0 unspecified atom stereocenters. The van der Waals surface area contributed by atoms with Crippen LogP contribution < -0.4 is 14.2 Å². The van der Waals surface area contributed by atoms with Gasteiger partial charge in [0.1, 0.15) is 6.29 Å². The van der Waals surface area contributed by atoms with Crippen LogP contribution in [0.5, 0.6) is 17.2 Å². The summed E-state index contributed by atoms with van der Waals surface area (Å²) in [5, 5.41) is 0. The Kier molecular flexibility index (Phi) is 7.25. The average Bonchev–Trinajstić information content (AvgIpc) is 3.04. The lowest BCUT2D eigenvalue weighted by molar-refractivity contribution is -0.117. The molecule has 0 bridgehead atoms. The van der Waals surface area contributed by atoms with Crippen molar-refractivity contribution in [2.75, 3.05) is 21.3 Å². The Morgan fingerprint density at radius 3 is 1.54 bits per heavy atom. The predicted molar refractivity (Wildman–Crippen MR) is 112 cm³/mol. The van der Waals surface area contributed by atoms with Crippen LogP contribution in [0.15, 0.2) is 12.1 Å². The maximum Gasteiger partial charge on any atom is 0.203 e. The van der Waals surface area contributed by atoms with E-state index in [2.05, 4.69) is 0 Å². The maximum absolute atomic E-state index is 13.0. The fourth-order valence-corrected chi connectivity index (χ4v) is 5.73. The number of benzene rings is 1. The Morgan fingerprint density at radius 2 is 1.18 bits per heavy atom. The topological polar surface area (TPSA) is 44.8 Å². The van der Waals surface area contributed by atoms with Crippen molar-refractivity contribution in [2.24, 2.45) is 11.8 Å². The fourth-order valence-electron chi connectivity index (χ4n) is 5.73. The second-order valence-corrected chi connectivity index (χ2v) is 8.49. The van der Waals surface area contributed by atoms with Crippen LogP contribution >= 0.6 is 0 Å². The van der Waals surface area contributed by atoms with Crippen molar-refractivity contribution in [3.05, 3.63) is 17.7 Å². The second-order valence-electron chi connectivity index (χ2n) is 8.49. The van der Waals surface area contributed by atoms with Gasteiger partial charge in [-0.2, -0.15) is 0 Å². The molecule has 0 aromatic heterocycles. The van der Waals surface area contributed by atoms with Crippen LogP contribution in [0.3, 0.4) is 0 Å². The Balaban J connectivity index is 2.16. The molecule has 2 fully saturated rings. The SMILES string of the molecule is COc1cc([C@@](C=O)(C2CCCCCC2)C2CCCCC2)cc(OC)c1OC. The minimum absolute atomic E-state index is 0.387. The molecule has 0 saturated heterocycles. The zero-order chi connectivity index (χ0) is 20.0. The first kappa shape index (κ1) is 21.0. The summed E-state index contributed by atoms with van der Waals surface area (Å²) >= 11 is 0. The van der Waals surface area contributed by atoms with Crippen LogP contribution in [0.1, 0.15) is 76.2 Å². The summed E-state index contributed by atoms with van der Waals surface area (Å²) in [5.74, 6) is 2.67. The highest BCUT2D eigenvalue weighted by Crippen LogP contribution is 2.52. The normalized spacial score (nSPS) is 21.4. The number of carbonyl (C=O) groups excluding carboxylic acids is 1. The van der Waals surface area contributed by atoms with E-state index in [1.807, 2.05) is 12.1 Å². The minimum atomic E-state index is -0.461. The standard InChI is InChI=1S/C24H36O4/c1-26-21-15-20(16-22(27-2)23(21)28-3)24(17-25,19-13-9-6-10-14-19)18-11-7-4-5-8-12-18/h15-19H,4-14H2,1-3H3/t24-/m0/s1. The first-order valence-electron chi connectivity index (χ1n) is 11.0. The molecule has 0 spiro atoms. The summed E-state index contributed by atoms with van der Waals surface area (Å²) in [6.07, 6.45) is 14.5. The van der Waals surface area contributed by atoms with E-state index in [0.29, 0.717) is 29.1 Å². The molecule has 0 aliphatic heterocycles. The van der Waals surface area contributed by atoms with Gasteiger partial charge in [0.2, 0.25) is 5.75 Å². The van der Waals surface area contributed by atoms with Crippen molar-refractivity contribution < 1.29 is 19.0 Å². The first-order valence-corrected chi connectivity index (χ1v) is 11.0. The van der Waals surface area contributed by atoms with Crippen molar-refractivity contribution in [3.8, 4) is 17.2 Å². The van der Waals surface area contributed by atoms with Crippen molar-refractivity contribution in [3.63, 3.8) is 0 Å². The summed E-state index contributed by atoms with van der Waals surface area (Å²) < 4.78 is 16.8. The van der Waals surface area contributed by atoms with E-state index >= 15 is 0 Å². The first-order chi connectivity index (χ1) is 13.7. The molecule has 2 aliphatic rings. The number of rotatable bonds is 7. The maximum atomic E-state index is 13.0. The van der Waals surface area contributed by atoms with E-state index < -0.39 is 5.41 Å². The van der Waals surface area contributed by atoms with E-state index in [1.165, 1.54) is 51.2 Å². The summed E-state index contributed by atoms with van der Waals surface area (Å²) in [6, 6.07) is 4.07. The minimum Gasteiger partial charge on any atom is -0.493 e. The third kappa shape index (κ3) is 3.88. The third-order valence-electron chi connectivity index (χ3n) is 7.17. The highest BCUT2D eigenvalue weighted by atomic mass is 16.5. The van der Waals surface area contributed by atoms with Crippen molar-refractivity contribution in [2.45, 2.75) is 76.0 Å². The van der Waals surface area contributed by atoms with Crippen molar-refractivity contribution in [1.82, 2.24) is 0 Å². The number of hydrogen-bond acceptors (Lipinski definition) is 4. The molecule has 0 radical (unpaired) electrons. The molecular weight excluding hydrogens is 352 g/mol. The zero-order valence-corrected chi connectivity index (χ0v) is 17.8. The molecule has 28 heavy (non-hydrogen) atoms. The molecule has 1 aromatic carbocycles. The zero-order valence-electron chi connectivity index (χ0n) is 17.8. The van der Waals surface area contributed by atoms with Gasteiger partial charge >= 0.3 is 0 Å². The van der Waals surface area contributed by atoms with Gasteiger partial charge in [-0.15, -0.1) is 0 Å². The number of ether oxygens (including phenoxy) is 3. The second kappa shape index (κ2) is 9.67. The van der Waals surface area contributed by atoms with Crippen LogP contribution in [-0.2, 0) is 10.2 Å². The molecule has 1 aromatic rings. The van der Waals surface area contributed by atoms with Gasteiger partial charge in [-0.3, -0.25) is 0 Å². The molecule has 4 nitrogen and oxygen atoms in total. The van der Waals surface area contributed by atoms with Gasteiger partial charge in [0.25, 0.3) is 0 Å². The molecule has 156 valence electrons. The van der Waals surface area contributed by atoms with Gasteiger partial charge in [-0.05, 0) is 55.2 Å². The number of carbonyl (C=O) groups is 1. The van der Waals surface area contributed by atoms with E-state index in [4.69, 9.17) is 14.2 Å². The molecule has 4 heteroatoms. The van der Waals surface area contributed by atoms with Gasteiger partial charge < -0.3 is 19.0 Å². The molecule has 0 N–H and O–H groups in total. The summed E-state index contributed by atoms with van der Waals surface area (Å²) in [7, 11) is 4.92. The van der Waals surface area contributed by atoms with Gasteiger partial charge in [0.05, 0.1) is 26.7 Å². The molecule has 0 amide bonds. The fraction of sp³-hybridized carbons (Fsp3) is 0.708. The van der Waals surface area contributed by atoms with Gasteiger partial charge in [-0.1, -0.05) is 44.9 Å². The Bertz CT molecular complexity index is 617. The molecule has 0 heterocycles. The van der Waals surface area contributed by atoms with E-state index in [1.54, 1.807) is 21.3 Å². The average molecular weight is 389 g/mol. The van der Waals surface area contributed by atoms with Crippen LogP contribution in [-0.4, -0.2) is 27.6 Å². The van der Waals surface area contributed by atoms with Crippen molar-refractivity contribution in [1.29, 1.82) is 0 Å².